The van der Waals surface area contributed by atoms with Crippen LogP contribution in [0.25, 0.3) is 0 Å². The Balaban J connectivity index is 2.07. The molecule has 2 rings (SSSR count). The number of nitrogens with zero attached hydrogens (tertiary/aromatic N) is 3. The Kier molecular flexibility index (Phi) is 3.10. The van der Waals surface area contributed by atoms with E-state index in [0.717, 1.165) is 17.4 Å². The van der Waals surface area contributed by atoms with Gasteiger partial charge in [-0.1, -0.05) is 0 Å². The minimum Gasteiger partial charge on any atom is -0.341 e. The predicted octanol–water partition coefficient (Wildman–Crippen LogP) is 2.45. The summed E-state index contributed by atoms with van der Waals surface area (Å²) >= 11 is 5.69. The van der Waals surface area contributed by atoms with Gasteiger partial charge in [-0.15, -0.1) is 11.6 Å². The van der Waals surface area contributed by atoms with Gasteiger partial charge in [0.15, 0.2) is 0 Å². The van der Waals surface area contributed by atoms with Gasteiger partial charge in [-0.2, -0.15) is 0 Å². The number of rotatable bonds is 4. The Morgan fingerprint density at radius 3 is 2.53 bits per heavy atom. The topological polar surface area (TPSA) is 29.0 Å². The first-order valence-corrected chi connectivity index (χ1v) is 5.85. The maximum Gasteiger partial charge on any atom is 0.225 e. The summed E-state index contributed by atoms with van der Waals surface area (Å²) < 4.78 is 0. The van der Waals surface area contributed by atoms with E-state index in [0.29, 0.717) is 11.9 Å². The number of anilines is 1. The lowest BCUT2D eigenvalue weighted by atomic mass is 10.2. The second kappa shape index (κ2) is 4.35. The molecule has 0 spiro atoms. The summed E-state index contributed by atoms with van der Waals surface area (Å²) in [5, 5.41) is 0. The van der Waals surface area contributed by atoms with E-state index in [-0.39, 0.29) is 0 Å². The molecule has 0 saturated heterocycles. The fourth-order valence-electron chi connectivity index (χ4n) is 1.68. The van der Waals surface area contributed by atoms with E-state index in [1.807, 2.05) is 0 Å². The van der Waals surface area contributed by atoms with Crippen molar-refractivity contribution in [2.75, 3.05) is 11.9 Å². The fourth-order valence-corrected chi connectivity index (χ4v) is 1.81. The summed E-state index contributed by atoms with van der Waals surface area (Å²) in [6, 6.07) is 0.534. The third kappa shape index (κ3) is 2.40. The lowest BCUT2D eigenvalue weighted by molar-refractivity contribution is 0.597. The molecule has 1 aromatic heterocycles. The zero-order valence-electron chi connectivity index (χ0n) is 9.15. The van der Waals surface area contributed by atoms with Gasteiger partial charge in [0.25, 0.3) is 0 Å². The second-order valence-corrected chi connectivity index (χ2v) is 4.48. The van der Waals surface area contributed by atoms with Crippen LogP contribution in [-0.4, -0.2) is 23.1 Å². The highest BCUT2D eigenvalue weighted by Gasteiger charge is 2.31. The first-order valence-electron chi connectivity index (χ1n) is 5.32. The second-order valence-electron chi connectivity index (χ2n) is 4.21. The number of hydrogen-bond acceptors (Lipinski definition) is 3. The maximum atomic E-state index is 5.69. The lowest BCUT2D eigenvalue weighted by Crippen LogP contribution is -2.32. The molecule has 1 unspecified atom stereocenters. The highest BCUT2D eigenvalue weighted by molar-refractivity contribution is 6.17. The molecule has 82 valence electrons. The molecule has 0 aromatic carbocycles. The van der Waals surface area contributed by atoms with Crippen LogP contribution in [0.3, 0.4) is 0 Å². The summed E-state index contributed by atoms with van der Waals surface area (Å²) in [6.07, 6.45) is 6.27. The van der Waals surface area contributed by atoms with Crippen molar-refractivity contribution < 1.29 is 0 Å². The monoisotopic (exact) mass is 225 g/mol. The largest absolute Gasteiger partial charge is 0.341 e. The molecule has 3 nitrogen and oxygen atoms in total. The maximum absolute atomic E-state index is 5.69. The molecule has 1 aliphatic carbocycles. The summed E-state index contributed by atoms with van der Waals surface area (Å²) in [5.41, 5.74) is 0.966. The van der Waals surface area contributed by atoms with Crippen LogP contribution in [0.4, 0.5) is 5.95 Å². The van der Waals surface area contributed by atoms with Crippen LogP contribution < -0.4 is 4.90 Å². The molecule has 1 heterocycles. The van der Waals surface area contributed by atoms with Crippen LogP contribution in [0.2, 0.25) is 0 Å². The van der Waals surface area contributed by atoms with Crippen molar-refractivity contribution in [2.24, 2.45) is 5.92 Å². The minimum absolute atomic E-state index is 0.474. The highest BCUT2D eigenvalue weighted by atomic mass is 35.5. The van der Waals surface area contributed by atoms with Crippen molar-refractivity contribution in [3.05, 3.63) is 18.0 Å². The van der Waals surface area contributed by atoms with E-state index in [4.69, 9.17) is 11.6 Å². The SMILES string of the molecule is CC(C1CC1)N(C)c1ncc(CCl)cn1. The van der Waals surface area contributed by atoms with Gasteiger partial charge in [0.2, 0.25) is 5.95 Å². The molecule has 1 saturated carbocycles. The Bertz CT molecular complexity index is 321. The van der Waals surface area contributed by atoms with Gasteiger partial charge < -0.3 is 4.90 Å². The highest BCUT2D eigenvalue weighted by Crippen LogP contribution is 2.35. The molecule has 0 aliphatic heterocycles. The third-order valence-corrected chi connectivity index (χ3v) is 3.39. The summed E-state index contributed by atoms with van der Waals surface area (Å²) in [6.45, 7) is 2.23. The zero-order chi connectivity index (χ0) is 10.8. The predicted molar refractivity (Wildman–Crippen MR) is 62.2 cm³/mol. The molecule has 1 atom stereocenters. The van der Waals surface area contributed by atoms with Crippen molar-refractivity contribution >= 4 is 17.5 Å². The van der Waals surface area contributed by atoms with E-state index < -0.39 is 0 Å². The van der Waals surface area contributed by atoms with Crippen molar-refractivity contribution in [1.29, 1.82) is 0 Å². The quantitative estimate of drug-likeness (QED) is 0.738. The minimum atomic E-state index is 0.474. The Hall–Kier alpha value is -0.830. The lowest BCUT2D eigenvalue weighted by Gasteiger charge is -2.24. The Labute approximate surface area is 95.5 Å². The van der Waals surface area contributed by atoms with E-state index in [2.05, 4.69) is 28.8 Å². The first kappa shape index (κ1) is 10.7. The van der Waals surface area contributed by atoms with Gasteiger partial charge in [-0.05, 0) is 25.7 Å². The molecule has 0 N–H and O–H groups in total. The van der Waals surface area contributed by atoms with Crippen molar-refractivity contribution in [1.82, 2.24) is 9.97 Å². The molecule has 4 heteroatoms. The van der Waals surface area contributed by atoms with Gasteiger partial charge in [0.1, 0.15) is 0 Å². The summed E-state index contributed by atoms with van der Waals surface area (Å²) in [4.78, 5) is 10.8. The van der Waals surface area contributed by atoms with Crippen molar-refractivity contribution in [3.63, 3.8) is 0 Å². The molecule has 1 aliphatic rings. The molecule has 0 amide bonds. The van der Waals surface area contributed by atoms with Crippen LogP contribution in [0, 0.1) is 5.92 Å². The zero-order valence-corrected chi connectivity index (χ0v) is 9.91. The number of aromatic nitrogens is 2. The fraction of sp³-hybridized carbons (Fsp3) is 0.636. The van der Waals surface area contributed by atoms with Crippen LogP contribution in [0.1, 0.15) is 25.3 Å². The van der Waals surface area contributed by atoms with Crippen LogP contribution in [-0.2, 0) is 5.88 Å². The van der Waals surface area contributed by atoms with Crippen LogP contribution >= 0.6 is 11.6 Å². The molecule has 0 radical (unpaired) electrons. The average molecular weight is 226 g/mol. The number of alkyl halides is 1. The standard InChI is InChI=1S/C11H16ClN3/c1-8(10-3-4-10)15(2)11-13-6-9(5-12)7-14-11/h6-8,10H,3-5H2,1-2H3. The first-order chi connectivity index (χ1) is 7.22. The van der Waals surface area contributed by atoms with Gasteiger partial charge in [0, 0.05) is 31.0 Å². The normalized spacial score (nSPS) is 17.5. The van der Waals surface area contributed by atoms with E-state index in [1.165, 1.54) is 12.8 Å². The van der Waals surface area contributed by atoms with Gasteiger partial charge in [-0.25, -0.2) is 9.97 Å². The average Bonchev–Trinajstić information content (AvgIpc) is 3.11. The molecule has 1 aromatic rings. The molecule has 0 bridgehead atoms. The smallest absolute Gasteiger partial charge is 0.225 e. The summed E-state index contributed by atoms with van der Waals surface area (Å²) in [7, 11) is 2.05. The van der Waals surface area contributed by atoms with Crippen molar-refractivity contribution in [3.8, 4) is 0 Å². The van der Waals surface area contributed by atoms with Gasteiger partial charge in [-0.3, -0.25) is 0 Å². The van der Waals surface area contributed by atoms with Gasteiger partial charge in [0.05, 0.1) is 5.88 Å². The molecule has 1 fully saturated rings. The van der Waals surface area contributed by atoms with Crippen LogP contribution in [0.15, 0.2) is 12.4 Å². The number of halogens is 1. The summed E-state index contributed by atoms with van der Waals surface area (Å²) in [5.74, 6) is 2.09. The number of hydrogen-bond donors (Lipinski definition) is 0. The Morgan fingerprint density at radius 2 is 2.07 bits per heavy atom. The molecule has 15 heavy (non-hydrogen) atoms. The molecular weight excluding hydrogens is 210 g/mol. The van der Waals surface area contributed by atoms with E-state index in [9.17, 15) is 0 Å². The van der Waals surface area contributed by atoms with Gasteiger partial charge >= 0.3 is 0 Å². The molecular formula is C11H16ClN3. The van der Waals surface area contributed by atoms with E-state index in [1.54, 1.807) is 12.4 Å². The van der Waals surface area contributed by atoms with Crippen LogP contribution in [0.5, 0.6) is 0 Å². The third-order valence-electron chi connectivity index (χ3n) is 3.08. The van der Waals surface area contributed by atoms with E-state index >= 15 is 0 Å². The Morgan fingerprint density at radius 1 is 1.47 bits per heavy atom. The van der Waals surface area contributed by atoms with Crippen molar-refractivity contribution in [2.45, 2.75) is 31.7 Å².